The number of aromatic nitrogens is 1. The Balaban J connectivity index is 1.52. The van der Waals surface area contributed by atoms with Crippen LogP contribution in [-0.2, 0) is 21.3 Å². The Bertz CT molecular complexity index is 1340. The van der Waals surface area contributed by atoms with E-state index in [1.807, 2.05) is 25.1 Å². The van der Waals surface area contributed by atoms with Crippen LogP contribution in [0.5, 0.6) is 11.5 Å². The van der Waals surface area contributed by atoms with Crippen LogP contribution in [0.2, 0.25) is 0 Å². The molecule has 3 heterocycles. The van der Waals surface area contributed by atoms with Crippen LogP contribution in [0.15, 0.2) is 52.2 Å². The largest absolute Gasteiger partial charge is 0.486 e. The molecule has 9 heteroatoms. The van der Waals surface area contributed by atoms with Gasteiger partial charge in [0.15, 0.2) is 11.5 Å². The Hall–Kier alpha value is -2.88. The van der Waals surface area contributed by atoms with E-state index in [0.29, 0.717) is 36.9 Å². The molecule has 0 amide bonds. The third-order valence-electron chi connectivity index (χ3n) is 6.01. The van der Waals surface area contributed by atoms with E-state index in [4.69, 9.17) is 14.2 Å². The van der Waals surface area contributed by atoms with Crippen molar-refractivity contribution in [3.63, 3.8) is 0 Å². The van der Waals surface area contributed by atoms with Gasteiger partial charge in [-0.05, 0) is 55.0 Å². The van der Waals surface area contributed by atoms with Crippen molar-refractivity contribution in [1.82, 2.24) is 9.29 Å². The molecule has 1 N–H and O–H groups in total. The van der Waals surface area contributed by atoms with Crippen molar-refractivity contribution in [2.24, 2.45) is 0 Å². The number of pyridine rings is 1. The van der Waals surface area contributed by atoms with E-state index in [2.05, 4.69) is 4.98 Å². The molecule has 1 fully saturated rings. The maximum absolute atomic E-state index is 13.7. The monoisotopic (exact) mass is 470 g/mol. The van der Waals surface area contributed by atoms with Gasteiger partial charge in [0.25, 0.3) is 5.56 Å². The summed E-state index contributed by atoms with van der Waals surface area (Å²) in [5.74, 6) is 0.922. The van der Waals surface area contributed by atoms with Crippen molar-refractivity contribution in [1.29, 1.82) is 0 Å². The van der Waals surface area contributed by atoms with Crippen LogP contribution in [-0.4, -0.2) is 50.2 Å². The lowest BCUT2D eigenvalue weighted by molar-refractivity contribution is 0.0925. The summed E-state index contributed by atoms with van der Waals surface area (Å²) in [5.41, 5.74) is 1.84. The number of nitrogens with one attached hydrogen (secondary N) is 1. The summed E-state index contributed by atoms with van der Waals surface area (Å²) in [6.07, 6.45) is 1.46. The predicted molar refractivity (Wildman–Crippen MR) is 123 cm³/mol. The zero-order valence-electron chi connectivity index (χ0n) is 18.4. The van der Waals surface area contributed by atoms with E-state index >= 15 is 0 Å². The molecular weight excluding hydrogens is 444 g/mol. The van der Waals surface area contributed by atoms with Gasteiger partial charge >= 0.3 is 0 Å². The molecule has 8 nitrogen and oxygen atoms in total. The van der Waals surface area contributed by atoms with Gasteiger partial charge in [0.1, 0.15) is 13.2 Å². The second-order valence-electron chi connectivity index (χ2n) is 8.45. The molecule has 33 heavy (non-hydrogen) atoms. The third-order valence-corrected chi connectivity index (χ3v) is 7.82. The van der Waals surface area contributed by atoms with Gasteiger partial charge in [-0.1, -0.05) is 12.1 Å². The van der Waals surface area contributed by atoms with Gasteiger partial charge in [-0.15, -0.1) is 0 Å². The second-order valence-corrected chi connectivity index (χ2v) is 10.4. The van der Waals surface area contributed by atoms with Gasteiger partial charge in [0.05, 0.1) is 11.0 Å². The van der Waals surface area contributed by atoms with Gasteiger partial charge in [-0.25, -0.2) is 8.42 Å². The maximum Gasteiger partial charge on any atom is 0.252 e. The summed E-state index contributed by atoms with van der Waals surface area (Å²) in [6, 6.07) is 12.1. The minimum atomic E-state index is -3.93. The molecule has 1 aromatic heterocycles. The van der Waals surface area contributed by atoms with E-state index in [0.717, 1.165) is 29.3 Å². The number of benzene rings is 2. The van der Waals surface area contributed by atoms with Crippen molar-refractivity contribution in [3.05, 3.63) is 63.9 Å². The predicted octanol–water partition coefficient (Wildman–Crippen LogP) is 2.98. The third kappa shape index (κ3) is 4.48. The summed E-state index contributed by atoms with van der Waals surface area (Å²) in [6.45, 7) is 3.46. The summed E-state index contributed by atoms with van der Waals surface area (Å²) < 4.78 is 45.5. The lowest BCUT2D eigenvalue weighted by Gasteiger charge is -2.26. The molecule has 1 saturated heterocycles. The van der Waals surface area contributed by atoms with E-state index in [1.165, 1.54) is 16.4 Å². The lowest BCUT2D eigenvalue weighted by Crippen LogP contribution is -2.38. The van der Waals surface area contributed by atoms with Crippen LogP contribution in [0.25, 0.3) is 10.9 Å². The van der Waals surface area contributed by atoms with E-state index < -0.39 is 10.0 Å². The van der Waals surface area contributed by atoms with Crippen LogP contribution >= 0.6 is 0 Å². The second kappa shape index (κ2) is 8.81. The minimum Gasteiger partial charge on any atom is -0.486 e. The summed E-state index contributed by atoms with van der Waals surface area (Å²) in [5, 5.41) is 0.851. The molecule has 0 saturated carbocycles. The normalized spacial score (nSPS) is 18.2. The van der Waals surface area contributed by atoms with Gasteiger partial charge in [0.2, 0.25) is 10.0 Å². The van der Waals surface area contributed by atoms with Gasteiger partial charge < -0.3 is 19.2 Å². The number of nitrogens with zero attached hydrogens (tertiary/aromatic N) is 1. The molecule has 2 aliphatic rings. The fraction of sp³-hybridized carbons (Fsp3) is 0.375. The van der Waals surface area contributed by atoms with Crippen LogP contribution in [0.3, 0.4) is 0 Å². The van der Waals surface area contributed by atoms with Crippen LogP contribution in [0.1, 0.15) is 24.0 Å². The first-order valence-corrected chi connectivity index (χ1v) is 12.5. The molecule has 5 rings (SSSR count). The summed E-state index contributed by atoms with van der Waals surface area (Å²) in [4.78, 5) is 15.8. The number of fused-ring (bicyclic) bond motifs is 2. The number of H-pyrrole nitrogens is 1. The first-order valence-electron chi connectivity index (χ1n) is 11.0. The fourth-order valence-electron chi connectivity index (χ4n) is 4.26. The number of ether oxygens (including phenoxy) is 3. The number of aryl methyl sites for hydroxylation is 1. The highest BCUT2D eigenvalue weighted by Crippen LogP contribution is 2.33. The topological polar surface area (TPSA) is 97.9 Å². The summed E-state index contributed by atoms with van der Waals surface area (Å²) in [7, 11) is -3.93. The number of hydrogen-bond donors (Lipinski definition) is 1. The lowest BCUT2D eigenvalue weighted by atomic mass is 10.1. The zero-order valence-corrected chi connectivity index (χ0v) is 19.2. The maximum atomic E-state index is 13.7. The van der Waals surface area contributed by atoms with E-state index in [-0.39, 0.29) is 29.6 Å². The number of sulfonamides is 1. The summed E-state index contributed by atoms with van der Waals surface area (Å²) >= 11 is 0. The number of hydrogen-bond acceptors (Lipinski definition) is 6. The molecular formula is C24H26N2O6S. The Morgan fingerprint density at radius 2 is 1.85 bits per heavy atom. The van der Waals surface area contributed by atoms with Crippen molar-refractivity contribution < 1.29 is 22.6 Å². The Morgan fingerprint density at radius 1 is 1.03 bits per heavy atom. The first-order chi connectivity index (χ1) is 15.9. The average Bonchev–Trinajstić information content (AvgIpc) is 3.32. The van der Waals surface area contributed by atoms with Gasteiger partial charge in [-0.2, -0.15) is 4.31 Å². The van der Waals surface area contributed by atoms with E-state index in [9.17, 15) is 13.2 Å². The highest BCUT2D eigenvalue weighted by atomic mass is 32.2. The quantitative estimate of drug-likeness (QED) is 0.595. The molecule has 0 aliphatic carbocycles. The molecule has 0 radical (unpaired) electrons. The molecule has 3 aromatic rings. The van der Waals surface area contributed by atoms with Crippen LogP contribution in [0, 0.1) is 6.92 Å². The van der Waals surface area contributed by atoms with E-state index in [1.54, 1.807) is 12.1 Å². The highest BCUT2D eigenvalue weighted by molar-refractivity contribution is 7.89. The molecule has 0 spiro atoms. The Kier molecular flexibility index (Phi) is 5.86. The van der Waals surface area contributed by atoms with Crippen molar-refractivity contribution in [2.75, 3.05) is 26.4 Å². The molecule has 2 aromatic carbocycles. The molecule has 174 valence electrons. The molecule has 0 unspecified atom stereocenters. The number of rotatable bonds is 6. The van der Waals surface area contributed by atoms with Crippen molar-refractivity contribution in [3.8, 4) is 11.5 Å². The van der Waals surface area contributed by atoms with Crippen molar-refractivity contribution >= 4 is 20.9 Å². The Morgan fingerprint density at radius 3 is 2.64 bits per heavy atom. The SMILES string of the molecule is Cc1ccc2cc(CN(C[C@H]3CCCO3)S(=O)(=O)c3ccc4c(c3)OCCO4)c(=O)[nH]c2c1. The molecule has 2 aliphatic heterocycles. The Labute approximate surface area is 192 Å². The average molecular weight is 471 g/mol. The molecule has 0 bridgehead atoms. The molecule has 1 atom stereocenters. The van der Waals surface area contributed by atoms with Gasteiger partial charge in [-0.3, -0.25) is 4.79 Å². The fourth-order valence-corrected chi connectivity index (χ4v) is 5.73. The highest BCUT2D eigenvalue weighted by Gasteiger charge is 2.31. The van der Waals surface area contributed by atoms with Crippen LogP contribution in [0.4, 0.5) is 0 Å². The van der Waals surface area contributed by atoms with Gasteiger partial charge in [0, 0.05) is 36.8 Å². The van der Waals surface area contributed by atoms with Crippen LogP contribution < -0.4 is 15.0 Å². The smallest absolute Gasteiger partial charge is 0.252 e. The zero-order chi connectivity index (χ0) is 23.0. The standard InChI is InChI=1S/C24H26N2O6S/c1-16-4-5-17-12-18(24(27)25-21(17)11-16)14-26(15-19-3-2-8-30-19)33(28,29)20-6-7-22-23(13-20)32-10-9-31-22/h4-7,11-13,19H,2-3,8-10,14-15H2,1H3,(H,25,27)/t19-/m1/s1. The van der Waals surface area contributed by atoms with Crippen molar-refractivity contribution in [2.45, 2.75) is 37.3 Å². The number of aromatic amines is 1. The minimum absolute atomic E-state index is 0.0597. The first kappa shape index (κ1) is 21.9.